The molecule has 0 spiro atoms. The Balaban J connectivity index is 0. The quantitative estimate of drug-likeness (QED) is 0.198. The molecule has 0 heterocycles. The van der Waals surface area contributed by atoms with Gasteiger partial charge in [-0.3, -0.25) is 9.59 Å². The van der Waals surface area contributed by atoms with Gasteiger partial charge in [0.05, 0.1) is 6.61 Å². The maximum Gasteiger partial charge on any atom is 0.195 e. The molecule has 0 bridgehead atoms. The van der Waals surface area contributed by atoms with E-state index in [9.17, 15) is 14.7 Å². The summed E-state index contributed by atoms with van der Waals surface area (Å²) in [5.74, 6) is -0.271. The molecule has 0 aliphatic heterocycles. The first-order valence-corrected chi connectivity index (χ1v) is 10.1. The molecule has 4 rings (SSSR count). The minimum Gasteiger partial charge on any atom is -0.392 e. The first kappa shape index (κ1) is 34.9. The minimum absolute atomic E-state index is 0. The number of hydrogen-bond acceptors (Lipinski definition) is 4. The average Bonchev–Trinajstić information content (AvgIpc) is 2.90. The minimum atomic E-state index is -1.08. The Morgan fingerprint density at radius 3 is 1.49 bits per heavy atom. The normalized spacial score (nSPS) is 9.54. The second kappa shape index (κ2) is 21.1. The molecular weight excluding hydrogens is 701 g/mol. The van der Waals surface area contributed by atoms with Crippen LogP contribution in [0.25, 0.3) is 0 Å². The van der Waals surface area contributed by atoms with E-state index in [1.165, 1.54) is 0 Å². The SMILES string of the molecule is C.O=C(c1ccccc1)C(O)c1ccccc1.O=Cc1ccccc1.OCc1ccccc1.[U].[V]. The van der Waals surface area contributed by atoms with Crippen LogP contribution in [0.4, 0.5) is 0 Å². The van der Waals surface area contributed by atoms with Crippen molar-refractivity contribution in [3.63, 3.8) is 0 Å². The Morgan fingerprint density at radius 1 is 0.714 bits per heavy atom. The second-order valence-electron chi connectivity index (χ2n) is 6.72. The number of carbonyl (C=O) groups excluding carboxylic acids is 2. The topological polar surface area (TPSA) is 74.6 Å². The second-order valence-corrected chi connectivity index (χ2v) is 6.72. The summed E-state index contributed by atoms with van der Waals surface area (Å²) in [5.41, 5.74) is 2.84. The summed E-state index contributed by atoms with van der Waals surface area (Å²) in [7, 11) is 0. The van der Waals surface area contributed by atoms with Crippen molar-refractivity contribution in [1.29, 1.82) is 0 Å². The molecule has 4 nitrogen and oxygen atoms in total. The summed E-state index contributed by atoms with van der Waals surface area (Å²) in [5, 5.41) is 18.4. The van der Waals surface area contributed by atoms with E-state index < -0.39 is 6.10 Å². The standard InChI is InChI=1S/C14H12O2.C7H8O.C7H6O.CH4.U.V/c15-13(11-7-3-1-4-8-11)14(16)12-9-5-2-6-10-12;2*8-6-7-4-2-1-3-5-7;;;/h1-10,13,15H;1-5,8H,6H2;1-6H;1H4;;. The average molecular weight is 732 g/mol. The van der Waals surface area contributed by atoms with Gasteiger partial charge >= 0.3 is 0 Å². The van der Waals surface area contributed by atoms with Crippen LogP contribution in [0.15, 0.2) is 121 Å². The fourth-order valence-corrected chi connectivity index (χ4v) is 2.66. The van der Waals surface area contributed by atoms with Crippen molar-refractivity contribution in [2.24, 2.45) is 0 Å². The van der Waals surface area contributed by atoms with Gasteiger partial charge in [-0.15, -0.1) is 0 Å². The smallest absolute Gasteiger partial charge is 0.195 e. The van der Waals surface area contributed by atoms with Crippen LogP contribution >= 0.6 is 0 Å². The van der Waals surface area contributed by atoms with Crippen LogP contribution in [0.1, 0.15) is 45.4 Å². The molecule has 2 N–H and O–H groups in total. The third-order valence-corrected chi connectivity index (χ3v) is 4.38. The van der Waals surface area contributed by atoms with Gasteiger partial charge in [-0.25, -0.2) is 0 Å². The van der Waals surface area contributed by atoms with Gasteiger partial charge in [0.2, 0.25) is 0 Å². The predicted molar refractivity (Wildman–Crippen MR) is 133 cm³/mol. The maximum atomic E-state index is 11.9. The van der Waals surface area contributed by atoms with E-state index in [-0.39, 0.29) is 69.5 Å². The number of ketones is 1. The zero-order chi connectivity index (χ0) is 23.0. The summed E-state index contributed by atoms with van der Waals surface area (Å²) in [6.45, 7) is 0.140. The monoisotopic (exact) mass is 731 g/mol. The molecule has 6 heteroatoms. The van der Waals surface area contributed by atoms with Gasteiger partial charge in [0, 0.05) is 60.8 Å². The van der Waals surface area contributed by atoms with Crippen LogP contribution in [0.2, 0.25) is 0 Å². The van der Waals surface area contributed by atoms with E-state index >= 15 is 0 Å². The molecule has 0 saturated carbocycles. The third-order valence-electron chi connectivity index (χ3n) is 4.38. The first-order valence-electron chi connectivity index (χ1n) is 10.1. The summed E-state index contributed by atoms with van der Waals surface area (Å²) in [4.78, 5) is 21.9. The van der Waals surface area contributed by atoms with Gasteiger partial charge in [-0.05, 0) is 11.1 Å². The number of benzene rings is 4. The zero-order valence-electron chi connectivity index (χ0n) is 18.6. The van der Waals surface area contributed by atoms with E-state index in [0.29, 0.717) is 11.1 Å². The van der Waals surface area contributed by atoms with Crippen LogP contribution in [0, 0.1) is 31.1 Å². The molecule has 0 aliphatic carbocycles. The van der Waals surface area contributed by atoms with Crippen molar-refractivity contribution >= 4 is 12.1 Å². The van der Waals surface area contributed by atoms with Crippen LogP contribution in [-0.4, -0.2) is 22.3 Å². The fraction of sp³-hybridized carbons (Fsp3) is 0.103. The number of aldehydes is 1. The van der Waals surface area contributed by atoms with Crippen LogP contribution in [-0.2, 0) is 25.2 Å². The molecule has 0 aromatic heterocycles. The summed E-state index contributed by atoms with van der Waals surface area (Å²) in [6.07, 6.45) is -0.247. The van der Waals surface area contributed by atoms with Crippen molar-refractivity contribution in [2.75, 3.05) is 0 Å². The summed E-state index contributed by atoms with van der Waals surface area (Å²) >= 11 is 0. The fourth-order valence-electron chi connectivity index (χ4n) is 2.66. The molecule has 0 fully saturated rings. The molecule has 0 saturated heterocycles. The van der Waals surface area contributed by atoms with Crippen molar-refractivity contribution in [3.8, 4) is 0 Å². The Bertz CT molecular complexity index is 1050. The Hall–Kier alpha value is -2.22. The predicted octanol–water partition coefficient (Wildman–Crippen LogP) is 5.91. The summed E-state index contributed by atoms with van der Waals surface area (Å²) < 4.78 is 0. The van der Waals surface area contributed by atoms with Crippen LogP contribution < -0.4 is 0 Å². The van der Waals surface area contributed by atoms with Gasteiger partial charge < -0.3 is 10.2 Å². The van der Waals surface area contributed by atoms with Gasteiger partial charge in [0.1, 0.15) is 12.4 Å². The third kappa shape index (κ3) is 13.4. The number of hydrogen-bond donors (Lipinski definition) is 2. The maximum absolute atomic E-state index is 11.9. The van der Waals surface area contributed by atoms with Crippen LogP contribution in [0.3, 0.4) is 0 Å². The molecule has 35 heavy (non-hydrogen) atoms. The molecular formula is C29H30O4UV. The molecule has 4 aromatic carbocycles. The molecule has 0 amide bonds. The van der Waals surface area contributed by atoms with Gasteiger partial charge in [0.25, 0.3) is 0 Å². The van der Waals surface area contributed by atoms with Gasteiger partial charge in [-0.1, -0.05) is 129 Å². The van der Waals surface area contributed by atoms with Gasteiger partial charge in [0.15, 0.2) is 5.78 Å². The van der Waals surface area contributed by atoms with Crippen molar-refractivity contribution in [2.45, 2.75) is 20.1 Å². The molecule has 1 unspecified atom stereocenters. The van der Waals surface area contributed by atoms with Crippen LogP contribution in [0.5, 0.6) is 0 Å². The Morgan fingerprint density at radius 2 is 1.11 bits per heavy atom. The number of aliphatic hydroxyl groups excluding tert-OH is 2. The molecule has 0 aliphatic rings. The molecule has 1 atom stereocenters. The van der Waals surface area contributed by atoms with Crippen molar-refractivity contribution in [3.05, 3.63) is 144 Å². The van der Waals surface area contributed by atoms with E-state index in [1.54, 1.807) is 60.7 Å². The molecule has 179 valence electrons. The van der Waals surface area contributed by atoms with E-state index in [4.69, 9.17) is 5.11 Å². The molecule has 1 radical (unpaired) electrons. The Kier molecular flexibility index (Phi) is 21.1. The first-order chi connectivity index (χ1) is 15.7. The number of aliphatic hydroxyl groups is 2. The van der Waals surface area contributed by atoms with Crippen molar-refractivity contribution in [1.82, 2.24) is 0 Å². The number of Topliss-reactive ketones (excluding diaryl/α,β-unsaturated/α-hetero) is 1. The Labute approximate surface area is 243 Å². The largest absolute Gasteiger partial charge is 0.392 e. The van der Waals surface area contributed by atoms with E-state index in [1.807, 2.05) is 60.7 Å². The zero-order valence-corrected chi connectivity index (χ0v) is 24.1. The molecule has 4 aromatic rings. The number of carbonyl (C=O) groups is 2. The number of rotatable bonds is 5. The van der Waals surface area contributed by atoms with Gasteiger partial charge in [-0.2, -0.15) is 0 Å². The van der Waals surface area contributed by atoms with E-state index in [0.717, 1.165) is 17.4 Å². The van der Waals surface area contributed by atoms with E-state index in [2.05, 4.69) is 0 Å². The van der Waals surface area contributed by atoms with Crippen molar-refractivity contribution < 1.29 is 69.5 Å². The summed E-state index contributed by atoms with van der Waals surface area (Å²) in [6, 6.07) is 36.4.